The summed E-state index contributed by atoms with van der Waals surface area (Å²) in [4.78, 5) is 7.27. The molecule has 0 spiro atoms. The van der Waals surface area contributed by atoms with Gasteiger partial charge in [0.25, 0.3) is 0 Å². The number of rotatable bonds is 7. The lowest BCUT2D eigenvalue weighted by Crippen LogP contribution is -2.44. The minimum atomic E-state index is -3.27. The maximum absolute atomic E-state index is 12.9. The third-order valence-corrected chi connectivity index (χ3v) is 9.23. The summed E-state index contributed by atoms with van der Waals surface area (Å²) >= 11 is 0. The molecule has 1 aliphatic carbocycles. The molecular weight excluding hydrogens is 456 g/mol. The summed E-state index contributed by atoms with van der Waals surface area (Å²) in [6.45, 7) is 5.12. The third kappa shape index (κ3) is 3.87. The first-order valence-electron chi connectivity index (χ1n) is 11.6. The first-order chi connectivity index (χ1) is 16.3. The zero-order chi connectivity index (χ0) is 24.1. The molecule has 0 unspecified atom stereocenters. The number of hydrogen-bond donors (Lipinski definition) is 1. The van der Waals surface area contributed by atoms with Gasteiger partial charge < -0.3 is 19.1 Å². The van der Waals surface area contributed by atoms with E-state index in [1.165, 1.54) is 6.26 Å². The number of pyridine rings is 1. The van der Waals surface area contributed by atoms with Gasteiger partial charge in [-0.05, 0) is 43.5 Å². The minimum absolute atomic E-state index is 0.157. The van der Waals surface area contributed by atoms with Crippen molar-refractivity contribution in [1.82, 2.24) is 10.4 Å². The third-order valence-electron chi connectivity index (χ3n) is 7.18. The summed E-state index contributed by atoms with van der Waals surface area (Å²) in [5, 5.41) is 2.00. The van der Waals surface area contributed by atoms with Crippen LogP contribution in [0.4, 0.5) is 11.6 Å². The molecule has 5 rings (SSSR count). The first kappa shape index (κ1) is 23.2. The van der Waals surface area contributed by atoms with Crippen LogP contribution in [0.3, 0.4) is 0 Å². The van der Waals surface area contributed by atoms with Crippen LogP contribution in [0.1, 0.15) is 36.5 Å². The standard InChI is InChI=1S/C24H32N4O5S/c1-16-15-33-10-9-27(16)22-12-20(24(7-8-24)34(4,29)30)19-13-25-28(23(19)26-22)14-17-5-6-18(31-2)11-21(17)32-3/h5-6,11-12,16,25H,7-10,13-15H2,1-4H3/t16-/m1/s1. The van der Waals surface area contributed by atoms with Gasteiger partial charge in [-0.2, -0.15) is 0 Å². The number of nitrogens with one attached hydrogen (secondary N) is 1. The van der Waals surface area contributed by atoms with Gasteiger partial charge in [0.05, 0.1) is 44.8 Å². The van der Waals surface area contributed by atoms with Gasteiger partial charge in [0.2, 0.25) is 0 Å². The Morgan fingerprint density at radius 2 is 2.03 bits per heavy atom. The number of methoxy groups -OCH3 is 2. The molecular formula is C24H32N4O5S. The molecule has 9 nitrogen and oxygen atoms in total. The SMILES string of the molecule is COc1ccc(CN2NCc3c(C4(S(C)(=O)=O)CC4)cc(N4CCOC[C@H]4C)nc32)c(OC)c1. The zero-order valence-electron chi connectivity index (χ0n) is 20.1. The van der Waals surface area contributed by atoms with Crippen molar-refractivity contribution in [1.29, 1.82) is 0 Å². The van der Waals surface area contributed by atoms with Gasteiger partial charge in [-0.3, -0.25) is 5.01 Å². The fraction of sp³-hybridized carbons (Fsp3) is 0.542. The van der Waals surface area contributed by atoms with Crippen LogP contribution in [0.5, 0.6) is 11.5 Å². The van der Waals surface area contributed by atoms with Crippen LogP contribution >= 0.6 is 0 Å². The van der Waals surface area contributed by atoms with Gasteiger partial charge in [-0.25, -0.2) is 18.8 Å². The van der Waals surface area contributed by atoms with E-state index in [2.05, 4.69) is 17.2 Å². The molecule has 1 atom stereocenters. The second-order valence-corrected chi connectivity index (χ2v) is 11.6. The van der Waals surface area contributed by atoms with Gasteiger partial charge in [-0.15, -0.1) is 0 Å². The highest BCUT2D eigenvalue weighted by Crippen LogP contribution is 2.55. The largest absolute Gasteiger partial charge is 0.497 e. The highest BCUT2D eigenvalue weighted by molar-refractivity contribution is 7.92. The highest BCUT2D eigenvalue weighted by atomic mass is 32.2. The Kier molecular flexibility index (Phi) is 5.86. The number of ether oxygens (including phenoxy) is 3. The van der Waals surface area contributed by atoms with E-state index >= 15 is 0 Å². The first-order valence-corrected chi connectivity index (χ1v) is 13.5. The number of benzene rings is 1. The molecule has 2 aliphatic heterocycles. The molecule has 3 heterocycles. The number of anilines is 2. The van der Waals surface area contributed by atoms with Crippen molar-refractivity contribution >= 4 is 21.5 Å². The summed E-state index contributed by atoms with van der Waals surface area (Å²) in [6, 6.07) is 7.91. The maximum Gasteiger partial charge on any atom is 0.157 e. The molecule has 184 valence electrons. The normalized spacial score (nSPS) is 21.4. The molecule has 1 N–H and O–H groups in total. The van der Waals surface area contributed by atoms with E-state index in [0.29, 0.717) is 39.1 Å². The Labute approximate surface area is 200 Å². The number of hydrazine groups is 1. The molecule has 2 fully saturated rings. The van der Waals surface area contributed by atoms with Gasteiger partial charge >= 0.3 is 0 Å². The summed E-state index contributed by atoms with van der Waals surface area (Å²) in [7, 11) is -0.00625. The average molecular weight is 489 g/mol. The van der Waals surface area contributed by atoms with E-state index < -0.39 is 14.6 Å². The Balaban J connectivity index is 1.58. The topological polar surface area (TPSA) is 93.2 Å². The number of nitrogens with zero attached hydrogens (tertiary/aromatic N) is 3. The van der Waals surface area contributed by atoms with Gasteiger partial charge in [-0.1, -0.05) is 0 Å². The zero-order valence-corrected chi connectivity index (χ0v) is 20.9. The molecule has 1 aromatic carbocycles. The fourth-order valence-corrected chi connectivity index (χ4v) is 6.48. The molecule has 3 aliphatic rings. The lowest BCUT2D eigenvalue weighted by atomic mass is 10.0. The van der Waals surface area contributed by atoms with E-state index in [-0.39, 0.29) is 6.04 Å². The lowest BCUT2D eigenvalue weighted by Gasteiger charge is -2.35. The van der Waals surface area contributed by atoms with Crippen molar-refractivity contribution < 1.29 is 22.6 Å². The quantitative estimate of drug-likeness (QED) is 0.630. The summed E-state index contributed by atoms with van der Waals surface area (Å²) in [5.41, 5.74) is 6.24. The highest BCUT2D eigenvalue weighted by Gasteiger charge is 2.55. The monoisotopic (exact) mass is 488 g/mol. The molecule has 0 amide bonds. The second kappa shape index (κ2) is 8.58. The summed E-state index contributed by atoms with van der Waals surface area (Å²) < 4.78 is 41.5. The Bertz CT molecular complexity index is 1200. The molecule has 1 saturated carbocycles. The second-order valence-electron chi connectivity index (χ2n) is 9.31. The van der Waals surface area contributed by atoms with E-state index in [4.69, 9.17) is 19.2 Å². The number of fused-ring (bicyclic) bond motifs is 1. The van der Waals surface area contributed by atoms with E-state index in [0.717, 1.165) is 46.4 Å². The molecule has 34 heavy (non-hydrogen) atoms. The fourth-order valence-electron chi connectivity index (χ4n) is 5.05. The maximum atomic E-state index is 12.9. The number of morpholine rings is 1. The van der Waals surface area contributed by atoms with Crippen LogP contribution in [0.2, 0.25) is 0 Å². The van der Waals surface area contributed by atoms with Crippen molar-refractivity contribution in [3.8, 4) is 11.5 Å². The van der Waals surface area contributed by atoms with Gasteiger partial charge in [0.15, 0.2) is 9.84 Å². The van der Waals surface area contributed by atoms with Crippen molar-refractivity contribution in [2.24, 2.45) is 0 Å². The number of aromatic nitrogens is 1. The van der Waals surface area contributed by atoms with E-state index in [1.54, 1.807) is 14.2 Å². The molecule has 0 bridgehead atoms. The van der Waals surface area contributed by atoms with Gasteiger partial charge in [0, 0.05) is 36.5 Å². The average Bonchev–Trinajstić information content (AvgIpc) is 3.56. The molecule has 10 heteroatoms. The molecule has 0 radical (unpaired) electrons. The Morgan fingerprint density at radius 3 is 2.68 bits per heavy atom. The molecule has 2 aromatic rings. The smallest absolute Gasteiger partial charge is 0.157 e. The van der Waals surface area contributed by atoms with Crippen LogP contribution < -0.4 is 24.8 Å². The number of sulfone groups is 1. The Morgan fingerprint density at radius 1 is 1.24 bits per heavy atom. The predicted octanol–water partition coefficient (Wildman–Crippen LogP) is 2.38. The van der Waals surface area contributed by atoms with Crippen LogP contribution in [-0.4, -0.2) is 59.7 Å². The van der Waals surface area contributed by atoms with E-state index in [9.17, 15) is 8.42 Å². The predicted molar refractivity (Wildman–Crippen MR) is 130 cm³/mol. The lowest BCUT2D eigenvalue weighted by molar-refractivity contribution is 0.0985. The van der Waals surface area contributed by atoms with Crippen molar-refractivity contribution in [2.45, 2.75) is 43.6 Å². The van der Waals surface area contributed by atoms with Crippen LogP contribution in [0.25, 0.3) is 0 Å². The van der Waals surface area contributed by atoms with Crippen LogP contribution in [-0.2, 0) is 32.4 Å². The molecule has 1 aromatic heterocycles. The minimum Gasteiger partial charge on any atom is -0.497 e. The van der Waals surface area contributed by atoms with Gasteiger partial charge in [0.1, 0.15) is 23.1 Å². The Hall–Kier alpha value is -2.56. The van der Waals surface area contributed by atoms with Crippen molar-refractivity contribution in [3.05, 3.63) is 41.0 Å². The summed E-state index contributed by atoms with van der Waals surface area (Å²) in [5.74, 6) is 3.03. The van der Waals surface area contributed by atoms with E-state index in [1.807, 2.05) is 29.3 Å². The number of hydrogen-bond acceptors (Lipinski definition) is 9. The van der Waals surface area contributed by atoms with Crippen LogP contribution in [0.15, 0.2) is 24.3 Å². The summed E-state index contributed by atoms with van der Waals surface area (Å²) in [6.07, 6.45) is 2.64. The molecule has 1 saturated heterocycles. The van der Waals surface area contributed by atoms with Crippen molar-refractivity contribution in [2.75, 3.05) is 50.1 Å². The van der Waals surface area contributed by atoms with Crippen LogP contribution in [0, 0.1) is 0 Å². The van der Waals surface area contributed by atoms with Crippen molar-refractivity contribution in [3.63, 3.8) is 0 Å².